The molecule has 1 saturated heterocycles. The van der Waals surface area contributed by atoms with Gasteiger partial charge >= 0.3 is 0 Å². The number of hydrogen-bond donors (Lipinski definition) is 1. The van der Waals surface area contributed by atoms with Crippen LogP contribution in [-0.2, 0) is 19.6 Å². The fourth-order valence-corrected chi connectivity index (χ4v) is 3.94. The van der Waals surface area contributed by atoms with Crippen LogP contribution >= 0.6 is 0 Å². The number of fused-ring (bicyclic) bond motifs is 1. The van der Waals surface area contributed by atoms with E-state index < -0.39 is 16.1 Å². The van der Waals surface area contributed by atoms with Crippen molar-refractivity contribution in [2.75, 3.05) is 18.4 Å². The van der Waals surface area contributed by atoms with E-state index >= 15 is 0 Å². The second-order valence-electron chi connectivity index (χ2n) is 5.35. The Bertz CT molecular complexity index is 734. The van der Waals surface area contributed by atoms with Crippen molar-refractivity contribution in [1.29, 1.82) is 0 Å². The summed E-state index contributed by atoms with van der Waals surface area (Å²) in [6.45, 7) is 2.00. The van der Waals surface area contributed by atoms with E-state index in [4.69, 9.17) is 4.74 Å². The largest absolute Gasteiger partial charge is 0.479 e. The molecule has 0 radical (unpaired) electrons. The quantitative estimate of drug-likeness (QED) is 0.867. The van der Waals surface area contributed by atoms with Crippen LogP contribution in [0, 0.1) is 0 Å². The summed E-state index contributed by atoms with van der Waals surface area (Å²) in [5.74, 6) is 0.206. The second-order valence-corrected chi connectivity index (χ2v) is 7.29. The van der Waals surface area contributed by atoms with E-state index in [9.17, 15) is 18.0 Å². The normalized spacial score (nSPS) is 22.7. The Morgan fingerprint density at radius 1 is 1.23 bits per heavy atom. The molecule has 0 spiro atoms. The molecule has 118 valence electrons. The summed E-state index contributed by atoms with van der Waals surface area (Å²) in [5, 5.41) is 2.63. The maximum atomic E-state index is 12.6. The van der Waals surface area contributed by atoms with Gasteiger partial charge in [-0.25, -0.2) is 8.42 Å². The molecule has 0 bridgehead atoms. The fourth-order valence-electron chi connectivity index (χ4n) is 2.47. The Kier molecular flexibility index (Phi) is 3.65. The topological polar surface area (TPSA) is 92.8 Å². The first-order valence-electron chi connectivity index (χ1n) is 7.01. The van der Waals surface area contributed by atoms with Crippen LogP contribution in [0.4, 0.5) is 5.69 Å². The third-order valence-corrected chi connectivity index (χ3v) is 5.69. The molecule has 0 aromatic heterocycles. The van der Waals surface area contributed by atoms with Crippen molar-refractivity contribution >= 4 is 27.4 Å². The number of hydrogen-bond acceptors (Lipinski definition) is 5. The van der Waals surface area contributed by atoms with Crippen molar-refractivity contribution in [2.24, 2.45) is 0 Å². The summed E-state index contributed by atoms with van der Waals surface area (Å²) in [6, 6.07) is 4.38. The third-order valence-electron chi connectivity index (χ3n) is 3.80. The van der Waals surface area contributed by atoms with E-state index in [0.29, 0.717) is 11.4 Å². The molecule has 1 atom stereocenters. The number of nitrogens with one attached hydrogen (secondary N) is 1. The summed E-state index contributed by atoms with van der Waals surface area (Å²) >= 11 is 0. The van der Waals surface area contributed by atoms with Gasteiger partial charge in [-0.3, -0.25) is 9.59 Å². The van der Waals surface area contributed by atoms with Crippen LogP contribution in [0.1, 0.15) is 19.8 Å². The number of carbonyl (C=O) groups excluding carboxylic acids is 2. The number of Topliss-reactive ketones (excluding diaryl/α,β-unsaturated/α-hetero) is 1. The zero-order chi connectivity index (χ0) is 15.9. The minimum atomic E-state index is -3.68. The van der Waals surface area contributed by atoms with Crippen molar-refractivity contribution in [3.8, 4) is 5.75 Å². The predicted molar refractivity (Wildman–Crippen MR) is 78.2 cm³/mol. The summed E-state index contributed by atoms with van der Waals surface area (Å²) in [6.07, 6.45) is -0.133. The molecule has 2 aliphatic heterocycles. The van der Waals surface area contributed by atoms with E-state index in [2.05, 4.69) is 5.32 Å². The lowest BCUT2D eigenvalue weighted by Gasteiger charge is -2.27. The molecule has 1 fully saturated rings. The van der Waals surface area contributed by atoms with Gasteiger partial charge in [0, 0.05) is 25.9 Å². The Labute approximate surface area is 128 Å². The molecule has 0 aliphatic carbocycles. The third kappa shape index (κ3) is 2.59. The van der Waals surface area contributed by atoms with Crippen molar-refractivity contribution in [1.82, 2.24) is 4.31 Å². The molecule has 1 aromatic carbocycles. The van der Waals surface area contributed by atoms with Gasteiger partial charge in [0.1, 0.15) is 11.5 Å². The molecule has 7 nitrogen and oxygen atoms in total. The fraction of sp³-hybridized carbons (Fsp3) is 0.429. The van der Waals surface area contributed by atoms with Gasteiger partial charge in [0.05, 0.1) is 10.6 Å². The summed E-state index contributed by atoms with van der Waals surface area (Å²) in [4.78, 5) is 22.9. The van der Waals surface area contributed by atoms with E-state index in [0.717, 1.165) is 0 Å². The smallest absolute Gasteiger partial charge is 0.265 e. The number of sulfonamides is 1. The number of ether oxygens (including phenoxy) is 1. The molecule has 2 aliphatic rings. The average Bonchev–Trinajstić information content (AvgIpc) is 2.48. The molecule has 8 heteroatoms. The van der Waals surface area contributed by atoms with Gasteiger partial charge in [0.15, 0.2) is 6.10 Å². The van der Waals surface area contributed by atoms with Gasteiger partial charge in [-0.2, -0.15) is 4.31 Å². The Morgan fingerprint density at radius 2 is 1.91 bits per heavy atom. The molecule has 1 aromatic rings. The summed E-state index contributed by atoms with van der Waals surface area (Å²) in [5.41, 5.74) is 0.345. The van der Waals surface area contributed by atoms with Gasteiger partial charge in [0.2, 0.25) is 10.0 Å². The first-order chi connectivity index (χ1) is 10.4. The SMILES string of the molecule is CC1Oc2ccc(S(=O)(=O)N3CCC(=O)CC3)cc2NC1=O. The second kappa shape index (κ2) is 5.36. The first kappa shape index (κ1) is 15.0. The predicted octanol–water partition coefficient (Wildman–Crippen LogP) is 0.760. The number of ketones is 1. The Hall–Kier alpha value is -1.93. The Morgan fingerprint density at radius 3 is 2.59 bits per heavy atom. The van der Waals surface area contributed by atoms with Crippen molar-refractivity contribution in [2.45, 2.75) is 30.8 Å². The highest BCUT2D eigenvalue weighted by Gasteiger charge is 2.30. The van der Waals surface area contributed by atoms with Crippen molar-refractivity contribution < 1.29 is 22.7 Å². The lowest BCUT2D eigenvalue weighted by atomic mass is 10.1. The molecule has 1 N–H and O–H groups in total. The highest BCUT2D eigenvalue weighted by atomic mass is 32.2. The van der Waals surface area contributed by atoms with Crippen molar-refractivity contribution in [3.05, 3.63) is 18.2 Å². The number of piperidine rings is 1. The molecule has 2 heterocycles. The van der Waals surface area contributed by atoms with Crippen LogP contribution in [0.5, 0.6) is 5.75 Å². The lowest BCUT2D eigenvalue weighted by Crippen LogP contribution is -2.39. The van der Waals surface area contributed by atoms with Gasteiger partial charge in [-0.05, 0) is 25.1 Å². The van der Waals surface area contributed by atoms with Gasteiger partial charge in [-0.15, -0.1) is 0 Å². The maximum absolute atomic E-state index is 12.6. The van der Waals surface area contributed by atoms with E-state index in [1.807, 2.05) is 0 Å². The van der Waals surface area contributed by atoms with Crippen LogP contribution in [0.3, 0.4) is 0 Å². The number of nitrogens with zero attached hydrogens (tertiary/aromatic N) is 1. The van der Waals surface area contributed by atoms with Crippen LogP contribution in [0.2, 0.25) is 0 Å². The van der Waals surface area contributed by atoms with E-state index in [1.165, 1.54) is 22.5 Å². The highest BCUT2D eigenvalue weighted by Crippen LogP contribution is 2.33. The summed E-state index contributed by atoms with van der Waals surface area (Å²) < 4.78 is 31.9. The molecule has 1 unspecified atom stereocenters. The first-order valence-corrected chi connectivity index (χ1v) is 8.45. The van der Waals surface area contributed by atoms with Crippen molar-refractivity contribution in [3.63, 3.8) is 0 Å². The van der Waals surface area contributed by atoms with Crippen LogP contribution in [-0.4, -0.2) is 43.6 Å². The molecule has 22 heavy (non-hydrogen) atoms. The van der Waals surface area contributed by atoms with Crippen LogP contribution < -0.4 is 10.1 Å². The highest BCUT2D eigenvalue weighted by molar-refractivity contribution is 7.89. The van der Waals surface area contributed by atoms with Gasteiger partial charge < -0.3 is 10.1 Å². The van der Waals surface area contributed by atoms with Gasteiger partial charge in [0.25, 0.3) is 5.91 Å². The zero-order valence-corrected chi connectivity index (χ0v) is 12.9. The minimum absolute atomic E-state index is 0.0755. The number of amides is 1. The molecular weight excluding hydrogens is 308 g/mol. The maximum Gasteiger partial charge on any atom is 0.265 e. The van der Waals surface area contributed by atoms with Crippen LogP contribution in [0.25, 0.3) is 0 Å². The Balaban J connectivity index is 1.90. The lowest BCUT2D eigenvalue weighted by molar-refractivity contribution is -0.123. The number of rotatable bonds is 2. The average molecular weight is 324 g/mol. The van der Waals surface area contributed by atoms with E-state index in [-0.39, 0.29) is 42.5 Å². The van der Waals surface area contributed by atoms with Gasteiger partial charge in [-0.1, -0.05) is 0 Å². The molecule has 1 amide bonds. The number of anilines is 1. The van der Waals surface area contributed by atoms with E-state index in [1.54, 1.807) is 6.92 Å². The molecule has 3 rings (SSSR count). The number of benzene rings is 1. The van der Waals surface area contributed by atoms with Crippen LogP contribution in [0.15, 0.2) is 23.1 Å². The molecular formula is C14H16N2O5S. The monoisotopic (exact) mass is 324 g/mol. The summed E-state index contributed by atoms with van der Waals surface area (Å²) in [7, 11) is -3.68. The standard InChI is InChI=1S/C14H16N2O5S/c1-9-14(18)15-12-8-11(2-3-13(12)21-9)22(19,20)16-6-4-10(17)5-7-16/h2-3,8-9H,4-7H2,1H3,(H,15,18). The minimum Gasteiger partial charge on any atom is -0.479 e. The molecule has 0 saturated carbocycles. The number of carbonyl (C=O) groups is 2. The zero-order valence-electron chi connectivity index (χ0n) is 12.0.